The number of rotatable bonds is 3. The van der Waals surface area contributed by atoms with Crippen LogP contribution in [0.15, 0.2) is 72.3 Å². The number of amides is 1. The molecule has 6 heteroatoms. The molecule has 1 amide bonds. The molecule has 0 spiro atoms. The minimum absolute atomic E-state index is 0.0485. The molecule has 1 fully saturated rings. The van der Waals surface area contributed by atoms with Gasteiger partial charge in [-0.1, -0.05) is 92.3 Å². The molecule has 2 heterocycles. The maximum atomic E-state index is 13.5. The summed E-state index contributed by atoms with van der Waals surface area (Å²) in [7, 11) is 0. The zero-order valence-electron chi connectivity index (χ0n) is 21.0. The van der Waals surface area contributed by atoms with Crippen LogP contribution in [0.5, 0.6) is 0 Å². The summed E-state index contributed by atoms with van der Waals surface area (Å²) >= 11 is 1.37. The second kappa shape index (κ2) is 8.71. The average Bonchev–Trinajstić information content (AvgIpc) is 3.36. The van der Waals surface area contributed by atoms with Crippen molar-refractivity contribution in [1.82, 2.24) is 4.98 Å². The van der Waals surface area contributed by atoms with Crippen LogP contribution in [0.4, 0.5) is 5.13 Å². The number of benzene rings is 3. The summed E-state index contributed by atoms with van der Waals surface area (Å²) in [4.78, 5) is 33.0. The Bertz CT molecular complexity index is 1520. The lowest BCUT2D eigenvalue weighted by atomic mass is 9.85. The maximum absolute atomic E-state index is 13.5. The van der Waals surface area contributed by atoms with Crippen LogP contribution in [0.1, 0.15) is 54.6 Å². The molecule has 1 N–H and O–H groups in total. The molecule has 5 nitrogen and oxygen atoms in total. The van der Waals surface area contributed by atoms with E-state index in [1.54, 1.807) is 12.1 Å². The number of hydrogen-bond acceptors (Lipinski definition) is 5. The number of carbonyl (C=O) groups excluding carboxylic acids is 2. The predicted molar refractivity (Wildman–Crippen MR) is 145 cm³/mol. The Morgan fingerprint density at radius 3 is 2.19 bits per heavy atom. The highest BCUT2D eigenvalue weighted by molar-refractivity contribution is 7.22. The number of Topliss-reactive ketones (excluding diaryl/α,β-unsaturated/α-hetero) is 1. The van der Waals surface area contributed by atoms with E-state index in [9.17, 15) is 14.7 Å². The fraction of sp³-hybridized carbons (Fsp3) is 0.233. The van der Waals surface area contributed by atoms with Crippen molar-refractivity contribution >= 4 is 44.1 Å². The standard InChI is InChI=1S/C30H28N2O3S/c1-17-6-9-20(10-7-17)26(33)24-25(19-11-13-21(14-12-19)30(3,4)5)32(28(35)27(24)34)29-31-22-15-8-18(2)16-23(22)36-29/h6-16,25,33H,1-5H3/b26-24+/t25-/m1/s1. The second-order valence-electron chi connectivity index (χ2n) is 10.4. The van der Waals surface area contributed by atoms with Gasteiger partial charge in [0.1, 0.15) is 5.76 Å². The number of hydrogen-bond donors (Lipinski definition) is 1. The number of carbonyl (C=O) groups is 2. The SMILES string of the molecule is Cc1ccc(/C(O)=C2\C(=O)C(=O)N(c3nc4ccc(C)cc4s3)[C@@H]2c2ccc(C(C)(C)C)cc2)cc1. The van der Waals surface area contributed by atoms with Crippen molar-refractivity contribution in [2.24, 2.45) is 0 Å². The second-order valence-corrected chi connectivity index (χ2v) is 11.4. The van der Waals surface area contributed by atoms with Crippen molar-refractivity contribution in [2.75, 3.05) is 4.90 Å². The molecule has 0 radical (unpaired) electrons. The molecule has 1 atom stereocenters. The molecule has 1 aromatic heterocycles. The number of aliphatic hydroxyl groups excluding tert-OH is 1. The number of aliphatic hydroxyl groups is 1. The molecule has 1 aliphatic heterocycles. The summed E-state index contributed by atoms with van der Waals surface area (Å²) in [6.07, 6.45) is 0. The van der Waals surface area contributed by atoms with E-state index in [4.69, 9.17) is 4.98 Å². The molecule has 0 bridgehead atoms. The molecule has 3 aromatic carbocycles. The minimum Gasteiger partial charge on any atom is -0.507 e. The van der Waals surface area contributed by atoms with Crippen LogP contribution in [0.2, 0.25) is 0 Å². The van der Waals surface area contributed by atoms with Gasteiger partial charge >= 0.3 is 5.91 Å². The molecular formula is C30H28N2O3S. The van der Waals surface area contributed by atoms with Crippen molar-refractivity contribution in [2.45, 2.75) is 46.1 Å². The van der Waals surface area contributed by atoms with Crippen LogP contribution >= 0.6 is 11.3 Å². The predicted octanol–water partition coefficient (Wildman–Crippen LogP) is 6.84. The summed E-state index contributed by atoms with van der Waals surface area (Å²) in [5, 5.41) is 11.8. The van der Waals surface area contributed by atoms with Gasteiger partial charge in [0.05, 0.1) is 21.8 Å². The Balaban J connectivity index is 1.71. The van der Waals surface area contributed by atoms with Crippen LogP contribution in [0.3, 0.4) is 0 Å². The van der Waals surface area contributed by atoms with Gasteiger partial charge in [-0.05, 0) is 48.1 Å². The van der Waals surface area contributed by atoms with Gasteiger partial charge in [0.15, 0.2) is 5.13 Å². The fourth-order valence-corrected chi connectivity index (χ4v) is 5.59. The number of aryl methyl sites for hydroxylation is 2. The molecule has 1 aliphatic rings. The monoisotopic (exact) mass is 496 g/mol. The molecule has 0 saturated carbocycles. The Labute approximate surface area is 214 Å². The van der Waals surface area contributed by atoms with Gasteiger partial charge in [0.2, 0.25) is 0 Å². The highest BCUT2D eigenvalue weighted by atomic mass is 32.1. The van der Waals surface area contributed by atoms with Crippen LogP contribution < -0.4 is 4.90 Å². The molecule has 36 heavy (non-hydrogen) atoms. The third-order valence-electron chi connectivity index (χ3n) is 6.60. The van der Waals surface area contributed by atoms with Crippen LogP contribution in [-0.4, -0.2) is 21.8 Å². The molecule has 4 aromatic rings. The average molecular weight is 497 g/mol. The van der Waals surface area contributed by atoms with Gasteiger partial charge in [-0.15, -0.1) is 0 Å². The number of ketones is 1. The van der Waals surface area contributed by atoms with E-state index in [-0.39, 0.29) is 16.7 Å². The minimum atomic E-state index is -0.790. The number of fused-ring (bicyclic) bond motifs is 1. The molecule has 0 unspecified atom stereocenters. The molecule has 0 aliphatic carbocycles. The fourth-order valence-electron chi connectivity index (χ4n) is 4.50. The quantitative estimate of drug-likeness (QED) is 0.192. The topological polar surface area (TPSA) is 70.5 Å². The van der Waals surface area contributed by atoms with Crippen molar-refractivity contribution in [1.29, 1.82) is 0 Å². The zero-order valence-corrected chi connectivity index (χ0v) is 21.8. The van der Waals surface area contributed by atoms with E-state index in [1.807, 2.05) is 68.4 Å². The van der Waals surface area contributed by atoms with E-state index in [0.717, 1.165) is 32.5 Å². The molecular weight excluding hydrogens is 468 g/mol. The number of thiazole rings is 1. The highest BCUT2D eigenvalue weighted by Crippen LogP contribution is 2.44. The Kier molecular flexibility index (Phi) is 5.80. The van der Waals surface area contributed by atoms with Gasteiger partial charge in [-0.3, -0.25) is 14.5 Å². The van der Waals surface area contributed by atoms with E-state index < -0.39 is 17.7 Å². The molecule has 5 rings (SSSR count). The lowest BCUT2D eigenvalue weighted by Gasteiger charge is -2.24. The Hall–Kier alpha value is -3.77. The van der Waals surface area contributed by atoms with Crippen LogP contribution in [0.25, 0.3) is 16.0 Å². The lowest BCUT2D eigenvalue weighted by Crippen LogP contribution is -2.29. The van der Waals surface area contributed by atoms with Crippen molar-refractivity contribution in [3.05, 3.63) is 100 Å². The van der Waals surface area contributed by atoms with E-state index in [2.05, 4.69) is 20.8 Å². The normalized spacial score (nSPS) is 17.8. The maximum Gasteiger partial charge on any atom is 0.301 e. The third-order valence-corrected chi connectivity index (χ3v) is 7.62. The van der Waals surface area contributed by atoms with E-state index >= 15 is 0 Å². The summed E-state index contributed by atoms with van der Waals surface area (Å²) in [5.41, 5.74) is 5.29. The number of aromatic nitrogens is 1. The molecule has 1 saturated heterocycles. The van der Waals surface area contributed by atoms with Crippen molar-refractivity contribution < 1.29 is 14.7 Å². The van der Waals surface area contributed by atoms with Gasteiger partial charge in [-0.2, -0.15) is 0 Å². The zero-order chi connectivity index (χ0) is 25.8. The number of anilines is 1. The summed E-state index contributed by atoms with van der Waals surface area (Å²) in [6.45, 7) is 10.4. The van der Waals surface area contributed by atoms with Crippen LogP contribution in [0, 0.1) is 13.8 Å². The van der Waals surface area contributed by atoms with E-state index in [1.165, 1.54) is 16.2 Å². The smallest absolute Gasteiger partial charge is 0.301 e. The first-order chi connectivity index (χ1) is 17.0. The van der Waals surface area contributed by atoms with Gasteiger partial charge in [0, 0.05) is 5.56 Å². The first kappa shape index (κ1) is 23.9. The third kappa shape index (κ3) is 4.11. The Morgan fingerprint density at radius 1 is 0.917 bits per heavy atom. The highest BCUT2D eigenvalue weighted by Gasteiger charge is 2.48. The summed E-state index contributed by atoms with van der Waals surface area (Å²) < 4.78 is 0.937. The molecule has 182 valence electrons. The summed E-state index contributed by atoms with van der Waals surface area (Å²) in [5.74, 6) is -1.59. The van der Waals surface area contributed by atoms with Gasteiger partial charge in [0.25, 0.3) is 5.78 Å². The largest absolute Gasteiger partial charge is 0.507 e. The van der Waals surface area contributed by atoms with Crippen molar-refractivity contribution in [3.63, 3.8) is 0 Å². The Morgan fingerprint density at radius 2 is 1.56 bits per heavy atom. The van der Waals surface area contributed by atoms with Gasteiger partial charge in [-0.25, -0.2) is 4.98 Å². The van der Waals surface area contributed by atoms with E-state index in [0.29, 0.717) is 10.7 Å². The lowest BCUT2D eigenvalue weighted by molar-refractivity contribution is -0.132. The summed E-state index contributed by atoms with van der Waals surface area (Å²) in [6, 6.07) is 20.3. The van der Waals surface area contributed by atoms with Gasteiger partial charge < -0.3 is 5.11 Å². The number of nitrogens with zero attached hydrogens (tertiary/aromatic N) is 2. The van der Waals surface area contributed by atoms with Crippen molar-refractivity contribution in [3.8, 4) is 0 Å². The first-order valence-corrected chi connectivity index (χ1v) is 12.7. The van der Waals surface area contributed by atoms with Crippen LogP contribution in [-0.2, 0) is 15.0 Å². The first-order valence-electron chi connectivity index (χ1n) is 11.9.